The summed E-state index contributed by atoms with van der Waals surface area (Å²) in [6, 6.07) is 21.6. The van der Waals surface area contributed by atoms with Gasteiger partial charge in [0.2, 0.25) is 0 Å². The molecule has 0 radical (unpaired) electrons. The molecule has 0 heterocycles. The number of hydrogen-bond acceptors (Lipinski definition) is 1. The van der Waals surface area contributed by atoms with E-state index in [0.717, 1.165) is 29.3 Å². The monoisotopic (exact) mass is 555 g/mol. The zero-order valence-electron chi connectivity index (χ0n) is 12.4. The van der Waals surface area contributed by atoms with Gasteiger partial charge in [-0.3, -0.25) is 4.79 Å². The Kier molecular flexibility index (Phi) is 5.73. The minimum Gasteiger partial charge on any atom is -0.321 e. The molecule has 1 N–H and O–H groups in total. The molecular weight excluding hydrogens is 545 g/mol. The van der Waals surface area contributed by atoms with Crippen LogP contribution in [0.25, 0.3) is 11.1 Å². The fraction of sp³-hybridized carbons (Fsp3) is 0. The van der Waals surface area contributed by atoms with Crippen LogP contribution in [0.1, 0.15) is 10.4 Å². The molecule has 0 aromatic heterocycles. The molecule has 2 nitrogen and oxygen atoms in total. The normalized spacial score (nSPS) is 10.5. The quantitative estimate of drug-likeness (QED) is 0.281. The molecule has 1 amide bonds. The van der Waals surface area contributed by atoms with Gasteiger partial charge in [-0.25, -0.2) is 0 Å². The summed E-state index contributed by atoms with van der Waals surface area (Å²) in [5, 5.41) is 3.04. The summed E-state index contributed by atoms with van der Waals surface area (Å²) in [4.78, 5) is 12.8. The Bertz CT molecular complexity index is 897. The van der Waals surface area contributed by atoms with Crippen molar-refractivity contribution in [3.05, 3.63) is 84.8 Å². The van der Waals surface area contributed by atoms with Crippen LogP contribution in [0.2, 0.25) is 0 Å². The van der Waals surface area contributed by atoms with E-state index in [2.05, 4.69) is 59.8 Å². The third-order valence-electron chi connectivity index (χ3n) is 3.50. The van der Waals surface area contributed by atoms with E-state index < -0.39 is 0 Å². The standard InChI is InChI=1S/C19H12Br2INO/c20-13-10-15(18(22)16(21)11-13)19(24)23-17-9-5-4-8-14(17)12-6-2-1-3-7-12/h1-11H,(H,23,24). The van der Waals surface area contributed by atoms with Gasteiger partial charge < -0.3 is 5.32 Å². The van der Waals surface area contributed by atoms with E-state index in [1.807, 2.05) is 66.7 Å². The third-order valence-corrected chi connectivity index (χ3v) is 6.48. The largest absolute Gasteiger partial charge is 0.321 e. The van der Waals surface area contributed by atoms with Gasteiger partial charge in [-0.15, -0.1) is 0 Å². The predicted octanol–water partition coefficient (Wildman–Crippen LogP) is 6.74. The van der Waals surface area contributed by atoms with E-state index in [9.17, 15) is 4.79 Å². The predicted molar refractivity (Wildman–Crippen MR) is 114 cm³/mol. The van der Waals surface area contributed by atoms with Crippen LogP contribution in [-0.2, 0) is 0 Å². The highest BCUT2D eigenvalue weighted by atomic mass is 127. The first-order valence-electron chi connectivity index (χ1n) is 7.16. The Labute approximate surface area is 171 Å². The van der Waals surface area contributed by atoms with Gasteiger partial charge in [0.25, 0.3) is 5.91 Å². The maximum absolute atomic E-state index is 12.8. The van der Waals surface area contributed by atoms with Crippen molar-refractivity contribution in [2.45, 2.75) is 0 Å². The molecule has 0 bridgehead atoms. The Hall–Kier alpha value is -1.18. The van der Waals surface area contributed by atoms with Crippen molar-refractivity contribution in [1.29, 1.82) is 0 Å². The number of carbonyl (C=O) groups is 1. The maximum Gasteiger partial charge on any atom is 0.256 e. The highest BCUT2D eigenvalue weighted by Gasteiger charge is 2.15. The highest BCUT2D eigenvalue weighted by Crippen LogP contribution is 2.30. The molecule has 0 aliphatic rings. The van der Waals surface area contributed by atoms with Crippen LogP contribution in [0.15, 0.2) is 75.7 Å². The number of carbonyl (C=O) groups excluding carboxylic acids is 1. The maximum atomic E-state index is 12.8. The van der Waals surface area contributed by atoms with Crippen LogP contribution in [0.4, 0.5) is 5.69 Å². The van der Waals surface area contributed by atoms with Gasteiger partial charge >= 0.3 is 0 Å². The van der Waals surface area contributed by atoms with Crippen molar-refractivity contribution in [3.8, 4) is 11.1 Å². The van der Waals surface area contributed by atoms with Crippen LogP contribution < -0.4 is 5.32 Å². The van der Waals surface area contributed by atoms with Crippen LogP contribution in [0, 0.1) is 3.57 Å². The van der Waals surface area contributed by atoms with Crippen molar-refractivity contribution in [3.63, 3.8) is 0 Å². The SMILES string of the molecule is O=C(Nc1ccccc1-c1ccccc1)c1cc(Br)cc(Br)c1I. The summed E-state index contributed by atoms with van der Waals surface area (Å²) >= 11 is 9.09. The van der Waals surface area contributed by atoms with Crippen LogP contribution in [0.5, 0.6) is 0 Å². The molecule has 24 heavy (non-hydrogen) atoms. The average molecular weight is 557 g/mol. The smallest absolute Gasteiger partial charge is 0.256 e. The summed E-state index contributed by atoms with van der Waals surface area (Å²) in [5.41, 5.74) is 3.48. The van der Waals surface area contributed by atoms with Crippen molar-refractivity contribution in [2.75, 3.05) is 5.32 Å². The Morgan fingerprint density at radius 3 is 2.33 bits per heavy atom. The molecule has 0 aliphatic carbocycles. The molecule has 3 aromatic rings. The number of rotatable bonds is 3. The number of halogens is 3. The number of amides is 1. The lowest BCUT2D eigenvalue weighted by atomic mass is 10.0. The van der Waals surface area contributed by atoms with E-state index in [1.54, 1.807) is 0 Å². The molecule has 0 atom stereocenters. The van der Waals surface area contributed by atoms with Crippen molar-refractivity contribution in [1.82, 2.24) is 0 Å². The summed E-state index contributed by atoms with van der Waals surface area (Å²) in [6.45, 7) is 0. The second-order valence-corrected chi connectivity index (χ2v) is 7.96. The number of hydrogen-bond donors (Lipinski definition) is 1. The topological polar surface area (TPSA) is 29.1 Å². The highest BCUT2D eigenvalue weighted by molar-refractivity contribution is 14.1. The van der Waals surface area contributed by atoms with Gasteiger partial charge in [0, 0.05) is 23.8 Å². The van der Waals surface area contributed by atoms with Gasteiger partial charge in [0.1, 0.15) is 0 Å². The molecule has 0 saturated carbocycles. The second kappa shape index (κ2) is 7.80. The van der Waals surface area contributed by atoms with E-state index in [4.69, 9.17) is 0 Å². The molecule has 0 unspecified atom stereocenters. The molecule has 0 saturated heterocycles. The zero-order valence-corrected chi connectivity index (χ0v) is 17.7. The van der Waals surface area contributed by atoms with Crippen molar-refractivity contribution in [2.24, 2.45) is 0 Å². The Balaban J connectivity index is 1.97. The second-order valence-electron chi connectivity index (χ2n) is 5.11. The Morgan fingerprint density at radius 2 is 1.58 bits per heavy atom. The average Bonchev–Trinajstić information content (AvgIpc) is 2.59. The van der Waals surface area contributed by atoms with Gasteiger partial charge in [-0.1, -0.05) is 64.5 Å². The van der Waals surface area contributed by atoms with Gasteiger partial charge in [0.15, 0.2) is 0 Å². The zero-order chi connectivity index (χ0) is 17.1. The van der Waals surface area contributed by atoms with Crippen molar-refractivity contribution >= 4 is 66.0 Å². The van der Waals surface area contributed by atoms with Gasteiger partial charge in [0.05, 0.1) is 5.56 Å². The molecule has 5 heteroatoms. The lowest BCUT2D eigenvalue weighted by molar-refractivity contribution is 0.102. The number of para-hydroxylation sites is 1. The lowest BCUT2D eigenvalue weighted by Gasteiger charge is -2.13. The van der Waals surface area contributed by atoms with Crippen molar-refractivity contribution < 1.29 is 4.79 Å². The van der Waals surface area contributed by atoms with Crippen LogP contribution in [-0.4, -0.2) is 5.91 Å². The molecule has 3 aromatic carbocycles. The number of benzene rings is 3. The van der Waals surface area contributed by atoms with Gasteiger partial charge in [-0.2, -0.15) is 0 Å². The Morgan fingerprint density at radius 1 is 0.917 bits per heavy atom. The van der Waals surface area contributed by atoms with Crippen LogP contribution >= 0.6 is 54.5 Å². The lowest BCUT2D eigenvalue weighted by Crippen LogP contribution is -2.14. The summed E-state index contributed by atoms with van der Waals surface area (Å²) in [7, 11) is 0. The van der Waals surface area contributed by atoms with E-state index in [1.165, 1.54) is 0 Å². The summed E-state index contributed by atoms with van der Waals surface area (Å²) in [6.07, 6.45) is 0. The van der Waals surface area contributed by atoms with E-state index >= 15 is 0 Å². The number of anilines is 1. The molecule has 0 fully saturated rings. The fourth-order valence-corrected chi connectivity index (χ4v) is 4.15. The first-order chi connectivity index (χ1) is 11.6. The van der Waals surface area contributed by atoms with Gasteiger partial charge in [-0.05, 0) is 62.3 Å². The summed E-state index contributed by atoms with van der Waals surface area (Å²) < 4.78 is 2.63. The minimum absolute atomic E-state index is 0.134. The van der Waals surface area contributed by atoms with E-state index in [-0.39, 0.29) is 5.91 Å². The molecule has 3 rings (SSSR count). The first kappa shape index (κ1) is 17.6. The third kappa shape index (κ3) is 3.90. The fourth-order valence-electron chi connectivity index (χ4n) is 2.37. The minimum atomic E-state index is -0.134. The molecule has 120 valence electrons. The first-order valence-corrected chi connectivity index (χ1v) is 9.83. The molecule has 0 spiro atoms. The number of nitrogens with one attached hydrogen (secondary N) is 1. The molecular formula is C19H12Br2INO. The van der Waals surface area contributed by atoms with Crippen LogP contribution in [0.3, 0.4) is 0 Å². The summed E-state index contributed by atoms with van der Waals surface area (Å²) in [5.74, 6) is -0.134. The van der Waals surface area contributed by atoms with E-state index in [0.29, 0.717) is 5.56 Å². The molecule has 0 aliphatic heterocycles.